The maximum atomic E-state index is 4.45. The van der Waals surface area contributed by atoms with Gasteiger partial charge in [-0.3, -0.25) is 0 Å². The highest BCUT2D eigenvalue weighted by molar-refractivity contribution is 7.09. The van der Waals surface area contributed by atoms with Crippen molar-refractivity contribution in [2.75, 3.05) is 6.54 Å². The molecule has 0 bridgehead atoms. The molecule has 0 aliphatic heterocycles. The van der Waals surface area contributed by atoms with Crippen molar-refractivity contribution < 1.29 is 0 Å². The highest BCUT2D eigenvalue weighted by Crippen LogP contribution is 2.10. The number of imidazole rings is 1. The lowest BCUT2D eigenvalue weighted by atomic mass is 10.3. The van der Waals surface area contributed by atoms with Crippen molar-refractivity contribution in [1.29, 1.82) is 0 Å². The Bertz CT molecular complexity index is 487. The summed E-state index contributed by atoms with van der Waals surface area (Å²) in [7, 11) is 0. The van der Waals surface area contributed by atoms with Crippen molar-refractivity contribution in [3.63, 3.8) is 0 Å². The molecular weight excluding hydrogens is 244 g/mol. The molecule has 0 aromatic carbocycles. The first-order valence-electron chi connectivity index (χ1n) is 6.29. The average molecular weight is 264 g/mol. The van der Waals surface area contributed by atoms with Gasteiger partial charge in [0.25, 0.3) is 0 Å². The van der Waals surface area contributed by atoms with E-state index in [1.165, 1.54) is 10.7 Å². The lowest BCUT2D eigenvalue weighted by molar-refractivity contribution is 0.551. The minimum absolute atomic E-state index is 0.464. The molecular formula is C13H20N4S. The molecule has 2 aromatic rings. The van der Waals surface area contributed by atoms with Crippen molar-refractivity contribution in [2.24, 2.45) is 0 Å². The molecule has 0 atom stereocenters. The maximum Gasteiger partial charge on any atom is 0.0951 e. The number of aryl methyl sites for hydroxylation is 1. The normalized spacial score (nSPS) is 11.3. The van der Waals surface area contributed by atoms with Gasteiger partial charge in [0.2, 0.25) is 0 Å². The molecule has 0 spiro atoms. The van der Waals surface area contributed by atoms with Crippen molar-refractivity contribution in [2.45, 2.75) is 39.8 Å². The van der Waals surface area contributed by atoms with Gasteiger partial charge in [0.1, 0.15) is 0 Å². The second-order valence-corrected chi connectivity index (χ2v) is 5.64. The topological polar surface area (TPSA) is 42.7 Å². The highest BCUT2D eigenvalue weighted by atomic mass is 32.1. The lowest BCUT2D eigenvalue weighted by Crippen LogP contribution is -2.19. The summed E-state index contributed by atoms with van der Waals surface area (Å²) in [6.07, 6.45) is 4.82. The zero-order valence-corrected chi connectivity index (χ0v) is 12.0. The molecule has 18 heavy (non-hydrogen) atoms. The van der Waals surface area contributed by atoms with Gasteiger partial charge < -0.3 is 9.88 Å². The minimum Gasteiger partial charge on any atom is -0.331 e. The summed E-state index contributed by atoms with van der Waals surface area (Å²) in [5.74, 6) is 0. The first-order chi connectivity index (χ1) is 8.66. The number of aromatic nitrogens is 3. The monoisotopic (exact) mass is 264 g/mol. The molecule has 2 rings (SSSR count). The van der Waals surface area contributed by atoms with Crippen LogP contribution in [0.5, 0.6) is 0 Å². The van der Waals surface area contributed by atoms with E-state index in [9.17, 15) is 0 Å². The number of hydrogen-bond acceptors (Lipinski definition) is 4. The Morgan fingerprint density at radius 3 is 2.94 bits per heavy atom. The van der Waals surface area contributed by atoms with E-state index in [1.54, 1.807) is 11.3 Å². The summed E-state index contributed by atoms with van der Waals surface area (Å²) in [6.45, 7) is 8.19. The zero-order chi connectivity index (χ0) is 13.0. The Labute approximate surface area is 112 Å². The van der Waals surface area contributed by atoms with Crippen LogP contribution in [0.4, 0.5) is 0 Å². The number of thiazole rings is 1. The predicted molar refractivity (Wildman–Crippen MR) is 74.9 cm³/mol. The smallest absolute Gasteiger partial charge is 0.0951 e. The van der Waals surface area contributed by atoms with Crippen molar-refractivity contribution in [1.82, 2.24) is 19.9 Å². The summed E-state index contributed by atoms with van der Waals surface area (Å²) in [5.41, 5.74) is 2.35. The quantitative estimate of drug-likeness (QED) is 0.815. The van der Waals surface area contributed by atoms with Crippen LogP contribution in [-0.2, 0) is 13.0 Å². The Balaban J connectivity index is 1.77. The summed E-state index contributed by atoms with van der Waals surface area (Å²) in [6, 6.07) is 0.464. The van der Waals surface area contributed by atoms with E-state index in [0.29, 0.717) is 6.04 Å². The molecule has 2 heterocycles. The van der Waals surface area contributed by atoms with Crippen LogP contribution < -0.4 is 5.32 Å². The summed E-state index contributed by atoms with van der Waals surface area (Å²) < 4.78 is 2.19. The first-order valence-corrected chi connectivity index (χ1v) is 7.17. The van der Waals surface area contributed by atoms with Crippen LogP contribution in [-0.4, -0.2) is 21.1 Å². The zero-order valence-electron chi connectivity index (χ0n) is 11.2. The minimum atomic E-state index is 0.464. The van der Waals surface area contributed by atoms with Gasteiger partial charge in [-0.15, -0.1) is 11.3 Å². The molecule has 0 unspecified atom stereocenters. The van der Waals surface area contributed by atoms with Gasteiger partial charge in [-0.05, 0) is 20.8 Å². The molecule has 0 aliphatic rings. The van der Waals surface area contributed by atoms with Crippen LogP contribution in [0, 0.1) is 6.92 Å². The highest BCUT2D eigenvalue weighted by Gasteiger charge is 2.04. The molecule has 2 aromatic heterocycles. The van der Waals surface area contributed by atoms with Crippen LogP contribution in [0.3, 0.4) is 0 Å². The molecule has 0 aliphatic carbocycles. The molecule has 4 nitrogen and oxygen atoms in total. The molecule has 0 saturated heterocycles. The van der Waals surface area contributed by atoms with Gasteiger partial charge in [0.15, 0.2) is 0 Å². The van der Waals surface area contributed by atoms with E-state index in [-0.39, 0.29) is 0 Å². The largest absolute Gasteiger partial charge is 0.331 e. The van der Waals surface area contributed by atoms with E-state index in [1.807, 2.05) is 19.4 Å². The Kier molecular flexibility index (Phi) is 4.49. The third-order valence-electron chi connectivity index (χ3n) is 2.79. The molecule has 5 heteroatoms. The first kappa shape index (κ1) is 13.2. The Hall–Kier alpha value is -1.20. The van der Waals surface area contributed by atoms with E-state index >= 15 is 0 Å². The van der Waals surface area contributed by atoms with Crippen LogP contribution in [0.2, 0.25) is 0 Å². The molecule has 0 radical (unpaired) electrons. The van der Waals surface area contributed by atoms with Crippen LogP contribution >= 0.6 is 11.3 Å². The SMILES string of the molecule is Cc1csc(CCNCc2cncn2C(C)C)n1. The van der Waals surface area contributed by atoms with Crippen LogP contribution in [0.15, 0.2) is 17.9 Å². The van der Waals surface area contributed by atoms with Gasteiger partial charge in [-0.1, -0.05) is 0 Å². The van der Waals surface area contributed by atoms with E-state index in [2.05, 4.69) is 39.1 Å². The maximum absolute atomic E-state index is 4.45. The molecule has 98 valence electrons. The number of nitrogens with zero attached hydrogens (tertiary/aromatic N) is 3. The van der Waals surface area contributed by atoms with Gasteiger partial charge >= 0.3 is 0 Å². The Morgan fingerprint density at radius 1 is 1.44 bits per heavy atom. The third-order valence-corrected chi connectivity index (χ3v) is 3.82. The van der Waals surface area contributed by atoms with E-state index in [4.69, 9.17) is 0 Å². The molecule has 0 fully saturated rings. The molecule has 0 saturated carbocycles. The van der Waals surface area contributed by atoms with Gasteiger partial charge in [0, 0.05) is 42.8 Å². The van der Waals surface area contributed by atoms with Gasteiger partial charge in [-0.25, -0.2) is 9.97 Å². The standard InChI is InChI=1S/C13H20N4S/c1-10(2)17-9-15-7-12(17)6-14-5-4-13-16-11(3)8-18-13/h7-10,14H,4-6H2,1-3H3. The van der Waals surface area contributed by atoms with Crippen LogP contribution in [0.1, 0.15) is 36.3 Å². The van der Waals surface area contributed by atoms with Gasteiger partial charge in [-0.2, -0.15) is 0 Å². The van der Waals surface area contributed by atoms with Crippen molar-refractivity contribution >= 4 is 11.3 Å². The number of hydrogen-bond donors (Lipinski definition) is 1. The second-order valence-electron chi connectivity index (χ2n) is 4.70. The molecule has 0 amide bonds. The summed E-state index contributed by atoms with van der Waals surface area (Å²) >= 11 is 1.74. The van der Waals surface area contributed by atoms with Crippen molar-refractivity contribution in [3.8, 4) is 0 Å². The Morgan fingerprint density at radius 2 is 2.28 bits per heavy atom. The summed E-state index contributed by atoms with van der Waals surface area (Å²) in [4.78, 5) is 8.65. The van der Waals surface area contributed by atoms with E-state index < -0.39 is 0 Å². The van der Waals surface area contributed by atoms with E-state index in [0.717, 1.165) is 25.2 Å². The fourth-order valence-corrected chi connectivity index (χ4v) is 2.64. The second kappa shape index (κ2) is 6.11. The van der Waals surface area contributed by atoms with Gasteiger partial charge in [0.05, 0.1) is 17.0 Å². The van der Waals surface area contributed by atoms with Crippen LogP contribution in [0.25, 0.3) is 0 Å². The number of rotatable bonds is 6. The average Bonchev–Trinajstić information content (AvgIpc) is 2.93. The third kappa shape index (κ3) is 3.40. The predicted octanol–water partition coefficient (Wildman–Crippen LogP) is 2.56. The summed E-state index contributed by atoms with van der Waals surface area (Å²) in [5, 5.41) is 6.75. The lowest BCUT2D eigenvalue weighted by Gasteiger charge is -2.11. The fourth-order valence-electron chi connectivity index (χ4n) is 1.86. The fraction of sp³-hybridized carbons (Fsp3) is 0.538. The number of nitrogens with one attached hydrogen (secondary N) is 1. The molecule has 1 N–H and O–H groups in total. The van der Waals surface area contributed by atoms with Crippen molar-refractivity contribution in [3.05, 3.63) is 34.3 Å².